The van der Waals surface area contributed by atoms with Crippen molar-refractivity contribution in [3.8, 4) is 0 Å². The Hall–Kier alpha value is -2.48. The predicted molar refractivity (Wildman–Crippen MR) is 109 cm³/mol. The fourth-order valence-corrected chi connectivity index (χ4v) is 4.74. The summed E-state index contributed by atoms with van der Waals surface area (Å²) in [4.78, 5) is 28.6. The maximum Gasteiger partial charge on any atom is 0.228 e. The Morgan fingerprint density at radius 2 is 1.96 bits per heavy atom. The molecule has 2 aromatic rings. The van der Waals surface area contributed by atoms with Gasteiger partial charge in [-0.05, 0) is 31.7 Å². The van der Waals surface area contributed by atoms with Crippen LogP contribution in [-0.4, -0.2) is 41.6 Å². The molecule has 0 bridgehead atoms. The van der Waals surface area contributed by atoms with E-state index < -0.39 is 0 Å². The normalized spacial score (nSPS) is 21.0. The van der Waals surface area contributed by atoms with E-state index in [1.807, 2.05) is 37.3 Å². The summed E-state index contributed by atoms with van der Waals surface area (Å²) in [5.41, 5.74) is 1.10. The first-order chi connectivity index (χ1) is 13.6. The average Bonchev–Trinajstić information content (AvgIpc) is 3.37. The van der Waals surface area contributed by atoms with Crippen molar-refractivity contribution in [2.24, 2.45) is 5.92 Å². The number of rotatable bonds is 5. The van der Waals surface area contributed by atoms with E-state index in [0.717, 1.165) is 43.0 Å². The molecule has 7 nitrogen and oxygen atoms in total. The van der Waals surface area contributed by atoms with Gasteiger partial charge in [-0.25, -0.2) is 0 Å². The van der Waals surface area contributed by atoms with Gasteiger partial charge in [-0.1, -0.05) is 41.7 Å². The van der Waals surface area contributed by atoms with Crippen molar-refractivity contribution >= 4 is 33.4 Å². The van der Waals surface area contributed by atoms with Crippen LogP contribution in [0.15, 0.2) is 30.3 Å². The highest BCUT2D eigenvalue weighted by molar-refractivity contribution is 7.19. The zero-order chi connectivity index (χ0) is 19.5. The first kappa shape index (κ1) is 18.9. The number of nitrogens with zero attached hydrogens (tertiary/aromatic N) is 4. The second kappa shape index (κ2) is 8.26. The first-order valence-electron chi connectivity index (χ1n) is 9.86. The first-order valence-corrected chi connectivity index (χ1v) is 10.7. The smallest absolute Gasteiger partial charge is 0.228 e. The lowest BCUT2D eigenvalue weighted by Gasteiger charge is -2.32. The summed E-state index contributed by atoms with van der Waals surface area (Å²) in [6.45, 7) is 4.23. The summed E-state index contributed by atoms with van der Waals surface area (Å²) in [7, 11) is 0. The summed E-state index contributed by atoms with van der Waals surface area (Å²) in [5, 5.41) is 13.1. The minimum absolute atomic E-state index is 0.0154. The minimum Gasteiger partial charge on any atom is -0.349 e. The van der Waals surface area contributed by atoms with Crippen LogP contribution in [0.4, 0.5) is 10.3 Å². The van der Waals surface area contributed by atoms with Crippen molar-refractivity contribution in [3.05, 3.63) is 35.9 Å². The number of carbonyl (C=O) groups excluding carboxylic acids is 2. The van der Waals surface area contributed by atoms with Crippen LogP contribution >= 0.6 is 11.3 Å². The number of aromatic nitrogens is 2. The molecule has 2 fully saturated rings. The Labute approximate surface area is 168 Å². The quantitative estimate of drug-likeness (QED) is 0.836. The van der Waals surface area contributed by atoms with Crippen molar-refractivity contribution in [2.45, 2.75) is 38.6 Å². The van der Waals surface area contributed by atoms with Crippen molar-refractivity contribution in [1.82, 2.24) is 15.5 Å². The van der Waals surface area contributed by atoms with Crippen molar-refractivity contribution in [1.29, 1.82) is 0 Å². The minimum atomic E-state index is -0.0688. The number of amides is 2. The van der Waals surface area contributed by atoms with Crippen LogP contribution in [0, 0.1) is 5.92 Å². The Morgan fingerprint density at radius 1 is 1.18 bits per heavy atom. The largest absolute Gasteiger partial charge is 0.349 e. The number of carbonyl (C=O) groups is 2. The highest BCUT2D eigenvalue weighted by Gasteiger charge is 2.30. The number of hydrogen-bond donors (Lipinski definition) is 1. The van der Waals surface area contributed by atoms with E-state index in [2.05, 4.69) is 20.4 Å². The molecule has 28 heavy (non-hydrogen) atoms. The number of nitrogens with one attached hydrogen (secondary N) is 1. The van der Waals surface area contributed by atoms with Crippen molar-refractivity contribution in [3.63, 3.8) is 0 Å². The van der Waals surface area contributed by atoms with Gasteiger partial charge in [-0.15, -0.1) is 10.2 Å². The molecule has 0 radical (unpaired) electrons. The van der Waals surface area contributed by atoms with Crippen LogP contribution in [0.3, 0.4) is 0 Å². The van der Waals surface area contributed by atoms with Gasteiger partial charge in [0.2, 0.25) is 22.1 Å². The van der Waals surface area contributed by atoms with E-state index in [1.54, 1.807) is 4.90 Å². The maximum atomic E-state index is 12.8. The topological polar surface area (TPSA) is 78.4 Å². The zero-order valence-electron chi connectivity index (χ0n) is 16.0. The Kier molecular flexibility index (Phi) is 5.57. The van der Waals surface area contributed by atoms with Gasteiger partial charge in [-0.2, -0.15) is 0 Å². The molecule has 2 atom stereocenters. The predicted octanol–water partition coefficient (Wildman–Crippen LogP) is 2.76. The summed E-state index contributed by atoms with van der Waals surface area (Å²) < 4.78 is 0. The second-order valence-corrected chi connectivity index (χ2v) is 8.38. The van der Waals surface area contributed by atoms with Crippen LogP contribution in [0.5, 0.6) is 0 Å². The Bertz CT molecular complexity index is 840. The molecule has 1 N–H and O–H groups in total. The summed E-state index contributed by atoms with van der Waals surface area (Å²) in [6, 6.07) is 9.99. The van der Waals surface area contributed by atoms with Gasteiger partial charge in [-0.3, -0.25) is 14.5 Å². The Balaban J connectivity index is 1.38. The second-order valence-electron chi connectivity index (χ2n) is 7.44. The van der Waals surface area contributed by atoms with Crippen LogP contribution in [0.1, 0.15) is 44.2 Å². The SMILES string of the molecule is C[C@@H](NC(=O)[C@@H]1CCCN(c2nnc(N3CCCC3=O)s2)C1)c1ccccc1. The molecule has 2 aliphatic rings. The molecule has 0 saturated carbocycles. The van der Waals surface area contributed by atoms with E-state index in [9.17, 15) is 9.59 Å². The van der Waals surface area contributed by atoms with Gasteiger partial charge < -0.3 is 10.2 Å². The third kappa shape index (κ3) is 4.01. The molecule has 1 aromatic heterocycles. The lowest BCUT2D eigenvalue weighted by molar-refractivity contribution is -0.126. The molecule has 0 aliphatic carbocycles. The fourth-order valence-electron chi connectivity index (χ4n) is 3.82. The van der Waals surface area contributed by atoms with Gasteiger partial charge in [0.15, 0.2) is 0 Å². The number of piperidine rings is 1. The fraction of sp³-hybridized carbons (Fsp3) is 0.500. The molecule has 8 heteroatoms. The van der Waals surface area contributed by atoms with Gasteiger partial charge in [0.05, 0.1) is 12.0 Å². The third-order valence-electron chi connectivity index (χ3n) is 5.43. The van der Waals surface area contributed by atoms with Gasteiger partial charge in [0.1, 0.15) is 0 Å². The van der Waals surface area contributed by atoms with Crippen molar-refractivity contribution < 1.29 is 9.59 Å². The van der Waals surface area contributed by atoms with E-state index in [-0.39, 0.29) is 23.8 Å². The van der Waals surface area contributed by atoms with Crippen LogP contribution in [-0.2, 0) is 9.59 Å². The maximum absolute atomic E-state index is 12.8. The summed E-state index contributed by atoms with van der Waals surface area (Å²) in [5.74, 6) is 0.134. The molecule has 2 amide bonds. The van der Waals surface area contributed by atoms with E-state index in [1.165, 1.54) is 11.3 Å². The average molecular weight is 400 g/mol. The molecule has 148 valence electrons. The molecule has 2 aliphatic heterocycles. The standard InChI is InChI=1S/C20H25N5O2S/c1-14(15-7-3-2-4-8-15)21-18(27)16-9-5-11-24(13-16)19-22-23-20(28-19)25-12-6-10-17(25)26/h2-4,7-8,14,16H,5-6,9-13H2,1H3,(H,21,27)/t14-,16-/m1/s1. The number of anilines is 2. The van der Waals surface area contributed by atoms with Gasteiger partial charge in [0, 0.05) is 26.1 Å². The number of benzene rings is 1. The molecule has 4 rings (SSSR count). The monoisotopic (exact) mass is 399 g/mol. The van der Waals surface area contributed by atoms with Crippen LogP contribution in [0.25, 0.3) is 0 Å². The molecular formula is C20H25N5O2S. The third-order valence-corrected chi connectivity index (χ3v) is 6.44. The van der Waals surface area contributed by atoms with Crippen LogP contribution < -0.4 is 15.1 Å². The lowest BCUT2D eigenvalue weighted by Crippen LogP contribution is -2.43. The summed E-state index contributed by atoms with van der Waals surface area (Å²) >= 11 is 1.44. The van der Waals surface area contributed by atoms with E-state index >= 15 is 0 Å². The lowest BCUT2D eigenvalue weighted by atomic mass is 9.96. The highest BCUT2D eigenvalue weighted by Crippen LogP contribution is 2.32. The molecule has 3 heterocycles. The van der Waals surface area contributed by atoms with Gasteiger partial charge >= 0.3 is 0 Å². The summed E-state index contributed by atoms with van der Waals surface area (Å²) in [6.07, 6.45) is 3.27. The molecule has 0 unspecified atom stereocenters. The highest BCUT2D eigenvalue weighted by atomic mass is 32.1. The van der Waals surface area contributed by atoms with E-state index in [0.29, 0.717) is 18.1 Å². The van der Waals surface area contributed by atoms with Crippen molar-refractivity contribution in [2.75, 3.05) is 29.4 Å². The Morgan fingerprint density at radius 3 is 2.71 bits per heavy atom. The van der Waals surface area contributed by atoms with Gasteiger partial charge in [0.25, 0.3) is 0 Å². The number of hydrogen-bond acceptors (Lipinski definition) is 6. The molecule has 0 spiro atoms. The molecular weight excluding hydrogens is 374 g/mol. The van der Waals surface area contributed by atoms with Crippen LogP contribution in [0.2, 0.25) is 0 Å². The van der Waals surface area contributed by atoms with E-state index in [4.69, 9.17) is 0 Å². The molecule has 1 aromatic carbocycles. The molecule has 2 saturated heterocycles. The zero-order valence-corrected chi connectivity index (χ0v) is 16.8.